The lowest BCUT2D eigenvalue weighted by Gasteiger charge is -2.12. The molecule has 0 aromatic heterocycles. The summed E-state index contributed by atoms with van der Waals surface area (Å²) in [5.41, 5.74) is 0.729. The van der Waals surface area contributed by atoms with Crippen LogP contribution in [0.2, 0.25) is 0 Å². The number of benzene rings is 2. The minimum atomic E-state index is -0.772. The van der Waals surface area contributed by atoms with E-state index < -0.39 is 17.5 Å². The van der Waals surface area contributed by atoms with E-state index in [0.29, 0.717) is 5.69 Å². The second-order valence-electron chi connectivity index (χ2n) is 4.88. The standard InChI is InChI=1S/C17H11F2NO2/c18-13-7-6-11(15(19)10-13)8-12-9-16(21)20(17(12)22)14-4-2-1-3-5-14/h1-8,10H,9H2/b12-8+. The number of rotatable bonds is 2. The number of nitrogens with zero attached hydrogens (tertiary/aromatic N) is 1. The molecule has 2 aromatic carbocycles. The van der Waals surface area contributed by atoms with Gasteiger partial charge >= 0.3 is 0 Å². The fraction of sp³-hybridized carbons (Fsp3) is 0.0588. The summed E-state index contributed by atoms with van der Waals surface area (Å²) >= 11 is 0. The highest BCUT2D eigenvalue weighted by atomic mass is 19.1. The molecule has 0 aliphatic carbocycles. The van der Waals surface area contributed by atoms with Crippen LogP contribution >= 0.6 is 0 Å². The Bertz CT molecular complexity index is 785. The molecule has 0 saturated carbocycles. The van der Waals surface area contributed by atoms with Gasteiger partial charge in [0.05, 0.1) is 12.1 Å². The number of hydrogen-bond acceptors (Lipinski definition) is 2. The number of carbonyl (C=O) groups excluding carboxylic acids is 2. The summed E-state index contributed by atoms with van der Waals surface area (Å²) < 4.78 is 26.5. The van der Waals surface area contributed by atoms with E-state index in [1.54, 1.807) is 30.3 Å². The number of amides is 2. The Morgan fingerprint density at radius 2 is 1.73 bits per heavy atom. The fourth-order valence-corrected chi connectivity index (χ4v) is 2.33. The number of halogens is 2. The zero-order valence-electron chi connectivity index (χ0n) is 11.4. The van der Waals surface area contributed by atoms with Gasteiger partial charge in [-0.15, -0.1) is 0 Å². The molecule has 1 aliphatic heterocycles. The molecule has 0 spiro atoms. The largest absolute Gasteiger partial charge is 0.274 e. The predicted molar refractivity (Wildman–Crippen MR) is 77.9 cm³/mol. The average Bonchev–Trinajstić information content (AvgIpc) is 2.77. The molecule has 110 valence electrons. The molecule has 3 nitrogen and oxygen atoms in total. The Labute approximate surface area is 125 Å². The number of imide groups is 1. The van der Waals surface area contributed by atoms with Crippen molar-refractivity contribution in [2.75, 3.05) is 4.90 Å². The van der Waals surface area contributed by atoms with Gasteiger partial charge in [0, 0.05) is 17.2 Å². The van der Waals surface area contributed by atoms with E-state index in [2.05, 4.69) is 0 Å². The molecule has 0 bridgehead atoms. The van der Waals surface area contributed by atoms with Crippen molar-refractivity contribution in [2.45, 2.75) is 6.42 Å². The molecule has 3 rings (SSSR count). The van der Waals surface area contributed by atoms with Crippen molar-refractivity contribution in [3.63, 3.8) is 0 Å². The summed E-state index contributed by atoms with van der Waals surface area (Å²) in [5.74, 6) is -2.32. The first kappa shape index (κ1) is 14.1. The minimum absolute atomic E-state index is 0.0764. The summed E-state index contributed by atoms with van der Waals surface area (Å²) in [6, 6.07) is 11.6. The van der Waals surface area contributed by atoms with Crippen LogP contribution in [0.1, 0.15) is 12.0 Å². The molecular formula is C17H11F2NO2. The molecule has 1 fully saturated rings. The monoisotopic (exact) mass is 299 g/mol. The van der Waals surface area contributed by atoms with Crippen LogP contribution in [-0.2, 0) is 9.59 Å². The summed E-state index contributed by atoms with van der Waals surface area (Å²) in [6.07, 6.45) is 1.18. The quantitative estimate of drug-likeness (QED) is 0.630. The number of hydrogen-bond donors (Lipinski definition) is 0. The Morgan fingerprint density at radius 3 is 2.41 bits per heavy atom. The van der Waals surface area contributed by atoms with Crippen LogP contribution in [0, 0.1) is 11.6 Å². The van der Waals surface area contributed by atoms with Crippen LogP contribution in [0.5, 0.6) is 0 Å². The summed E-state index contributed by atoms with van der Waals surface area (Å²) in [6.45, 7) is 0. The molecule has 22 heavy (non-hydrogen) atoms. The van der Waals surface area contributed by atoms with E-state index in [1.807, 2.05) is 0 Å². The molecule has 0 atom stereocenters. The molecule has 0 radical (unpaired) electrons. The van der Waals surface area contributed by atoms with Crippen LogP contribution in [0.3, 0.4) is 0 Å². The van der Waals surface area contributed by atoms with E-state index in [-0.39, 0.29) is 23.5 Å². The van der Waals surface area contributed by atoms with Crippen molar-refractivity contribution in [1.29, 1.82) is 0 Å². The van der Waals surface area contributed by atoms with Crippen molar-refractivity contribution in [2.24, 2.45) is 0 Å². The highest BCUT2D eigenvalue weighted by molar-refractivity contribution is 6.29. The highest BCUT2D eigenvalue weighted by Gasteiger charge is 2.34. The van der Waals surface area contributed by atoms with Crippen molar-refractivity contribution < 1.29 is 18.4 Å². The van der Waals surface area contributed by atoms with Crippen molar-refractivity contribution in [1.82, 2.24) is 0 Å². The van der Waals surface area contributed by atoms with Crippen LogP contribution in [0.4, 0.5) is 14.5 Å². The predicted octanol–water partition coefficient (Wildman–Crippen LogP) is 3.31. The lowest BCUT2D eigenvalue weighted by atomic mass is 10.1. The van der Waals surface area contributed by atoms with Gasteiger partial charge in [-0.05, 0) is 30.3 Å². The van der Waals surface area contributed by atoms with Gasteiger partial charge in [-0.25, -0.2) is 13.7 Å². The first-order chi connectivity index (χ1) is 10.6. The van der Waals surface area contributed by atoms with Crippen LogP contribution < -0.4 is 4.90 Å². The van der Waals surface area contributed by atoms with Gasteiger partial charge in [0.1, 0.15) is 11.6 Å². The maximum atomic E-state index is 13.7. The Morgan fingerprint density at radius 1 is 1.00 bits per heavy atom. The summed E-state index contributed by atoms with van der Waals surface area (Å²) in [4.78, 5) is 25.4. The van der Waals surface area contributed by atoms with Crippen molar-refractivity contribution >= 4 is 23.6 Å². The molecule has 0 N–H and O–H groups in total. The summed E-state index contributed by atoms with van der Waals surface area (Å²) in [5, 5.41) is 0. The number of para-hydroxylation sites is 1. The molecule has 1 heterocycles. The van der Waals surface area contributed by atoms with Crippen LogP contribution in [-0.4, -0.2) is 11.8 Å². The zero-order chi connectivity index (χ0) is 15.7. The molecule has 2 amide bonds. The van der Waals surface area contributed by atoms with Gasteiger partial charge in [-0.2, -0.15) is 0 Å². The molecule has 1 aliphatic rings. The third-order valence-electron chi connectivity index (χ3n) is 3.38. The van der Waals surface area contributed by atoms with Gasteiger partial charge in [0.15, 0.2) is 0 Å². The van der Waals surface area contributed by atoms with E-state index in [9.17, 15) is 18.4 Å². The number of anilines is 1. The van der Waals surface area contributed by atoms with Gasteiger partial charge < -0.3 is 0 Å². The average molecular weight is 299 g/mol. The minimum Gasteiger partial charge on any atom is -0.274 e. The normalized spacial score (nSPS) is 16.6. The van der Waals surface area contributed by atoms with Gasteiger partial charge in [-0.1, -0.05) is 18.2 Å². The van der Waals surface area contributed by atoms with Crippen LogP contribution in [0.25, 0.3) is 6.08 Å². The fourth-order valence-electron chi connectivity index (χ4n) is 2.33. The Kier molecular flexibility index (Phi) is 3.55. The maximum Gasteiger partial charge on any atom is 0.261 e. The van der Waals surface area contributed by atoms with Crippen molar-refractivity contribution in [3.8, 4) is 0 Å². The topological polar surface area (TPSA) is 37.4 Å². The first-order valence-corrected chi connectivity index (χ1v) is 6.64. The Balaban J connectivity index is 1.96. The second kappa shape index (κ2) is 5.52. The lowest BCUT2D eigenvalue weighted by molar-refractivity contribution is -0.120. The van der Waals surface area contributed by atoms with E-state index >= 15 is 0 Å². The SMILES string of the molecule is O=C1C/C(=C\c2ccc(F)cc2F)C(=O)N1c1ccccc1. The van der Waals surface area contributed by atoms with E-state index in [0.717, 1.165) is 17.0 Å². The third-order valence-corrected chi connectivity index (χ3v) is 3.38. The van der Waals surface area contributed by atoms with E-state index in [4.69, 9.17) is 0 Å². The molecule has 0 unspecified atom stereocenters. The van der Waals surface area contributed by atoms with Gasteiger partial charge in [-0.3, -0.25) is 9.59 Å². The maximum absolute atomic E-state index is 13.7. The molecule has 1 saturated heterocycles. The molecule has 2 aromatic rings. The first-order valence-electron chi connectivity index (χ1n) is 6.64. The number of carbonyl (C=O) groups is 2. The van der Waals surface area contributed by atoms with Gasteiger partial charge in [0.25, 0.3) is 5.91 Å². The second-order valence-corrected chi connectivity index (χ2v) is 4.88. The smallest absolute Gasteiger partial charge is 0.261 e. The Hall–Kier alpha value is -2.82. The van der Waals surface area contributed by atoms with Crippen LogP contribution in [0.15, 0.2) is 54.1 Å². The highest BCUT2D eigenvalue weighted by Crippen LogP contribution is 2.27. The third kappa shape index (κ3) is 2.53. The van der Waals surface area contributed by atoms with E-state index in [1.165, 1.54) is 12.1 Å². The summed E-state index contributed by atoms with van der Waals surface area (Å²) in [7, 11) is 0. The van der Waals surface area contributed by atoms with Crippen molar-refractivity contribution in [3.05, 3.63) is 71.3 Å². The van der Waals surface area contributed by atoms with Gasteiger partial charge in [0.2, 0.25) is 5.91 Å². The molecule has 5 heteroatoms. The zero-order valence-corrected chi connectivity index (χ0v) is 11.4. The molecular weight excluding hydrogens is 288 g/mol. The lowest BCUT2D eigenvalue weighted by Crippen LogP contribution is -2.28.